The van der Waals surface area contributed by atoms with E-state index >= 15 is 0 Å². The minimum atomic E-state index is -1.22. The van der Waals surface area contributed by atoms with E-state index in [-0.39, 0.29) is 0 Å². The molecule has 0 bridgehead atoms. The van der Waals surface area contributed by atoms with Gasteiger partial charge in [-0.3, -0.25) is 0 Å². The quantitative estimate of drug-likeness (QED) is 0.424. The van der Waals surface area contributed by atoms with Gasteiger partial charge in [-0.25, -0.2) is 0 Å². The predicted octanol–water partition coefficient (Wildman–Crippen LogP) is 1.04. The predicted molar refractivity (Wildman–Crippen MR) is 39.3 cm³/mol. The molecule has 0 saturated carbocycles. The largest absolute Gasteiger partial charge is 0.365 e. The zero-order chi connectivity index (χ0) is 7.56. The Morgan fingerprint density at radius 3 is 2.70 bits per heavy atom. The molecule has 0 amide bonds. The average molecular weight is 142 g/mol. The Kier molecular flexibility index (Phi) is 2.46. The van der Waals surface area contributed by atoms with E-state index < -0.39 is 6.29 Å². The van der Waals surface area contributed by atoms with Gasteiger partial charge in [0.2, 0.25) is 0 Å². The van der Waals surface area contributed by atoms with Gasteiger partial charge in [-0.15, -0.1) is 0 Å². The summed E-state index contributed by atoms with van der Waals surface area (Å²) in [6, 6.07) is 0. The van der Waals surface area contributed by atoms with Gasteiger partial charge in [0, 0.05) is 0 Å². The van der Waals surface area contributed by atoms with E-state index in [4.69, 9.17) is 10.2 Å². The van der Waals surface area contributed by atoms with Crippen LogP contribution in [-0.2, 0) is 0 Å². The van der Waals surface area contributed by atoms with E-state index in [9.17, 15) is 0 Å². The standard InChI is InChI=1S/C8H14O2/c1-6-2-4-7(5-3-6)8(9)10/h4,6,8-10H,2-3,5H2,1H3. The third-order valence-electron chi connectivity index (χ3n) is 2.04. The molecule has 1 rings (SSSR count). The summed E-state index contributed by atoms with van der Waals surface area (Å²) in [4.78, 5) is 0. The fraction of sp³-hybridized carbons (Fsp3) is 0.750. The molecule has 0 saturated heterocycles. The minimum absolute atomic E-state index is 0.711. The first-order valence-corrected chi connectivity index (χ1v) is 3.75. The van der Waals surface area contributed by atoms with Gasteiger partial charge in [-0.05, 0) is 30.8 Å². The van der Waals surface area contributed by atoms with Crippen LogP contribution in [0.2, 0.25) is 0 Å². The van der Waals surface area contributed by atoms with Crippen molar-refractivity contribution in [1.29, 1.82) is 0 Å². The minimum Gasteiger partial charge on any atom is -0.365 e. The fourth-order valence-corrected chi connectivity index (χ4v) is 1.22. The van der Waals surface area contributed by atoms with Crippen molar-refractivity contribution < 1.29 is 10.2 Å². The first kappa shape index (κ1) is 7.76. The number of rotatable bonds is 1. The van der Waals surface area contributed by atoms with Crippen molar-refractivity contribution in [3.63, 3.8) is 0 Å². The lowest BCUT2D eigenvalue weighted by Gasteiger charge is -2.18. The van der Waals surface area contributed by atoms with Crippen LogP contribution in [0.4, 0.5) is 0 Å². The van der Waals surface area contributed by atoms with Gasteiger partial charge in [0.15, 0.2) is 6.29 Å². The van der Waals surface area contributed by atoms with Crippen LogP contribution in [0.25, 0.3) is 0 Å². The fourth-order valence-electron chi connectivity index (χ4n) is 1.22. The Morgan fingerprint density at radius 2 is 2.30 bits per heavy atom. The van der Waals surface area contributed by atoms with Gasteiger partial charge in [0.25, 0.3) is 0 Å². The van der Waals surface area contributed by atoms with Gasteiger partial charge in [0.1, 0.15) is 0 Å². The van der Waals surface area contributed by atoms with Crippen molar-refractivity contribution in [3.05, 3.63) is 11.6 Å². The number of hydrogen-bond donors (Lipinski definition) is 2. The van der Waals surface area contributed by atoms with Crippen LogP contribution >= 0.6 is 0 Å². The summed E-state index contributed by atoms with van der Waals surface area (Å²) in [5.41, 5.74) is 0.790. The van der Waals surface area contributed by atoms with Crippen LogP contribution in [-0.4, -0.2) is 16.5 Å². The molecule has 1 aliphatic carbocycles. The van der Waals surface area contributed by atoms with Crippen LogP contribution in [0.1, 0.15) is 26.2 Å². The molecule has 0 spiro atoms. The lowest BCUT2D eigenvalue weighted by molar-refractivity contribution is -0.0119. The zero-order valence-corrected chi connectivity index (χ0v) is 6.25. The summed E-state index contributed by atoms with van der Waals surface area (Å²) >= 11 is 0. The zero-order valence-electron chi connectivity index (χ0n) is 6.25. The van der Waals surface area contributed by atoms with Crippen molar-refractivity contribution in [2.45, 2.75) is 32.5 Å². The second-order valence-corrected chi connectivity index (χ2v) is 3.03. The van der Waals surface area contributed by atoms with Gasteiger partial charge in [-0.2, -0.15) is 0 Å². The molecule has 1 unspecified atom stereocenters. The molecular formula is C8H14O2. The Hall–Kier alpha value is -0.340. The molecule has 58 valence electrons. The maximum atomic E-state index is 8.75. The van der Waals surface area contributed by atoms with Crippen LogP contribution in [0.3, 0.4) is 0 Å². The van der Waals surface area contributed by atoms with Crippen LogP contribution in [0.5, 0.6) is 0 Å². The van der Waals surface area contributed by atoms with E-state index in [0.29, 0.717) is 5.92 Å². The molecule has 1 aliphatic rings. The molecule has 0 aliphatic heterocycles. The van der Waals surface area contributed by atoms with Gasteiger partial charge in [0.05, 0.1) is 0 Å². The Bertz CT molecular complexity index is 138. The Labute approximate surface area is 61.2 Å². The Morgan fingerprint density at radius 1 is 1.60 bits per heavy atom. The second-order valence-electron chi connectivity index (χ2n) is 3.03. The van der Waals surface area contributed by atoms with Crippen molar-refractivity contribution >= 4 is 0 Å². The van der Waals surface area contributed by atoms with Gasteiger partial charge >= 0.3 is 0 Å². The molecule has 0 aromatic carbocycles. The molecule has 0 aromatic heterocycles. The smallest absolute Gasteiger partial charge is 0.174 e. The average Bonchev–Trinajstić information content (AvgIpc) is 1.88. The monoisotopic (exact) mass is 142 g/mol. The lowest BCUT2D eigenvalue weighted by Crippen LogP contribution is -2.13. The summed E-state index contributed by atoms with van der Waals surface area (Å²) in [7, 11) is 0. The highest BCUT2D eigenvalue weighted by Gasteiger charge is 2.13. The van der Waals surface area contributed by atoms with Crippen molar-refractivity contribution in [2.24, 2.45) is 5.92 Å². The highest BCUT2D eigenvalue weighted by molar-refractivity contribution is 5.07. The topological polar surface area (TPSA) is 40.5 Å². The molecule has 2 nitrogen and oxygen atoms in total. The maximum absolute atomic E-state index is 8.75. The number of aliphatic hydroxyl groups excluding tert-OH is 1. The first-order valence-electron chi connectivity index (χ1n) is 3.75. The summed E-state index contributed by atoms with van der Waals surface area (Å²) in [5.74, 6) is 0.711. The number of aliphatic hydroxyl groups is 2. The van der Waals surface area contributed by atoms with Crippen molar-refractivity contribution in [3.8, 4) is 0 Å². The van der Waals surface area contributed by atoms with E-state index in [1.807, 2.05) is 6.08 Å². The van der Waals surface area contributed by atoms with Gasteiger partial charge < -0.3 is 10.2 Å². The molecule has 2 heteroatoms. The molecule has 0 aromatic rings. The number of allylic oxidation sites excluding steroid dienone is 1. The highest BCUT2D eigenvalue weighted by atomic mass is 16.5. The number of hydrogen-bond acceptors (Lipinski definition) is 2. The SMILES string of the molecule is CC1CC=C(C(O)O)CC1. The molecule has 0 fully saturated rings. The van der Waals surface area contributed by atoms with Crippen molar-refractivity contribution in [1.82, 2.24) is 0 Å². The molecule has 2 N–H and O–H groups in total. The van der Waals surface area contributed by atoms with Crippen LogP contribution in [0.15, 0.2) is 11.6 Å². The molecule has 0 heterocycles. The van der Waals surface area contributed by atoms with E-state index in [0.717, 1.165) is 24.8 Å². The second kappa shape index (κ2) is 3.17. The lowest BCUT2D eigenvalue weighted by atomic mass is 9.91. The molecular weight excluding hydrogens is 128 g/mol. The Balaban J connectivity index is 2.48. The van der Waals surface area contributed by atoms with Crippen molar-refractivity contribution in [2.75, 3.05) is 0 Å². The summed E-state index contributed by atoms with van der Waals surface area (Å²) in [5, 5.41) is 17.5. The summed E-state index contributed by atoms with van der Waals surface area (Å²) in [6.45, 7) is 2.18. The third kappa shape index (κ3) is 1.82. The van der Waals surface area contributed by atoms with E-state index in [1.165, 1.54) is 0 Å². The first-order chi connectivity index (χ1) is 4.70. The maximum Gasteiger partial charge on any atom is 0.174 e. The van der Waals surface area contributed by atoms with E-state index in [2.05, 4.69) is 6.92 Å². The highest BCUT2D eigenvalue weighted by Crippen LogP contribution is 2.23. The van der Waals surface area contributed by atoms with Gasteiger partial charge in [-0.1, -0.05) is 13.0 Å². The normalized spacial score (nSPS) is 26.8. The summed E-state index contributed by atoms with van der Waals surface area (Å²) in [6.07, 6.45) is 3.65. The third-order valence-corrected chi connectivity index (χ3v) is 2.04. The van der Waals surface area contributed by atoms with Crippen LogP contribution in [0, 0.1) is 5.92 Å². The molecule has 10 heavy (non-hydrogen) atoms. The summed E-state index contributed by atoms with van der Waals surface area (Å²) < 4.78 is 0. The molecule has 1 atom stereocenters. The van der Waals surface area contributed by atoms with E-state index in [1.54, 1.807) is 0 Å². The van der Waals surface area contributed by atoms with Crippen LogP contribution < -0.4 is 0 Å². The molecule has 0 radical (unpaired) electrons.